The number of nitrogen functional groups attached to an aromatic ring is 1. The van der Waals surface area contributed by atoms with E-state index in [-0.39, 0.29) is 4.90 Å². The zero-order valence-electron chi connectivity index (χ0n) is 12.1. The Morgan fingerprint density at radius 1 is 1.35 bits per heavy atom. The number of nitrogens with one attached hydrogen (secondary N) is 1. The minimum Gasteiger partial charge on any atom is -0.399 e. The van der Waals surface area contributed by atoms with Crippen LogP contribution in [0.15, 0.2) is 23.1 Å². The summed E-state index contributed by atoms with van der Waals surface area (Å²) in [6.45, 7) is 6.08. The number of sulfonamides is 1. The molecule has 0 heterocycles. The molecule has 5 nitrogen and oxygen atoms in total. The number of likely N-dealkylation sites (N-methyl/N-ethyl adjacent to an activating group) is 1. The van der Waals surface area contributed by atoms with Gasteiger partial charge in [-0.05, 0) is 50.1 Å². The minimum absolute atomic E-state index is 0.240. The van der Waals surface area contributed by atoms with Crippen molar-refractivity contribution >= 4 is 15.7 Å². The van der Waals surface area contributed by atoms with E-state index >= 15 is 0 Å². The molecule has 6 heteroatoms. The van der Waals surface area contributed by atoms with E-state index in [0.717, 1.165) is 18.7 Å². The molecule has 3 N–H and O–H groups in total. The Balaban J connectivity index is 1.96. The normalized spacial score (nSPS) is 15.8. The number of rotatable bonds is 7. The van der Waals surface area contributed by atoms with Crippen molar-refractivity contribution in [2.45, 2.75) is 37.6 Å². The molecule has 0 unspecified atom stereocenters. The summed E-state index contributed by atoms with van der Waals surface area (Å²) in [5.41, 5.74) is 7.02. The molecule has 1 aromatic rings. The van der Waals surface area contributed by atoms with Crippen molar-refractivity contribution in [1.29, 1.82) is 0 Å². The highest BCUT2D eigenvalue weighted by atomic mass is 32.2. The molecule has 20 heavy (non-hydrogen) atoms. The lowest BCUT2D eigenvalue weighted by Gasteiger charge is -2.19. The fourth-order valence-corrected chi connectivity index (χ4v) is 3.54. The Kier molecular flexibility index (Phi) is 4.67. The largest absolute Gasteiger partial charge is 0.399 e. The molecular formula is C14H23N3O2S. The van der Waals surface area contributed by atoms with Crippen molar-refractivity contribution in [3.05, 3.63) is 23.8 Å². The van der Waals surface area contributed by atoms with Crippen LogP contribution < -0.4 is 10.5 Å². The lowest BCUT2D eigenvalue weighted by Crippen LogP contribution is -2.36. The third kappa shape index (κ3) is 3.94. The fraction of sp³-hybridized carbons (Fsp3) is 0.571. The first-order valence-corrected chi connectivity index (χ1v) is 8.51. The summed E-state index contributed by atoms with van der Waals surface area (Å²) in [6.07, 6.45) is 2.46. The van der Waals surface area contributed by atoms with Gasteiger partial charge in [0.05, 0.1) is 4.90 Å². The summed E-state index contributed by atoms with van der Waals surface area (Å²) in [5, 5.41) is 0. The van der Waals surface area contributed by atoms with Crippen LogP contribution >= 0.6 is 0 Å². The van der Waals surface area contributed by atoms with E-state index < -0.39 is 10.0 Å². The van der Waals surface area contributed by atoms with Gasteiger partial charge >= 0.3 is 0 Å². The lowest BCUT2D eigenvalue weighted by molar-refractivity contribution is 0.282. The van der Waals surface area contributed by atoms with Crippen LogP contribution in [-0.4, -0.2) is 39.0 Å². The van der Waals surface area contributed by atoms with Gasteiger partial charge in [-0.1, -0.05) is 6.92 Å². The van der Waals surface area contributed by atoms with Crippen molar-refractivity contribution in [1.82, 2.24) is 9.62 Å². The van der Waals surface area contributed by atoms with Gasteiger partial charge in [0.2, 0.25) is 10.0 Å². The number of nitrogens with two attached hydrogens (primary N) is 1. The number of hydrogen-bond donors (Lipinski definition) is 2. The Hall–Kier alpha value is -1.11. The standard InChI is InChI=1S/C14H23N3O2S/c1-3-17(13-4-5-13)7-6-16-20(18,19)14-9-11(2)8-12(15)10-14/h8-10,13,16H,3-7,15H2,1-2H3. The van der Waals surface area contributed by atoms with Crippen molar-refractivity contribution in [2.24, 2.45) is 0 Å². The monoisotopic (exact) mass is 297 g/mol. The first-order valence-electron chi connectivity index (χ1n) is 7.03. The molecule has 0 amide bonds. The molecule has 0 atom stereocenters. The van der Waals surface area contributed by atoms with Crippen LogP contribution in [0.5, 0.6) is 0 Å². The first kappa shape index (κ1) is 15.3. The third-order valence-corrected chi connectivity index (χ3v) is 4.98. The zero-order valence-corrected chi connectivity index (χ0v) is 12.9. The lowest BCUT2D eigenvalue weighted by atomic mass is 10.2. The summed E-state index contributed by atoms with van der Waals surface area (Å²) in [6, 6.07) is 5.54. The molecule has 2 rings (SSSR count). The van der Waals surface area contributed by atoms with Crippen molar-refractivity contribution in [2.75, 3.05) is 25.4 Å². The van der Waals surface area contributed by atoms with Gasteiger partial charge in [0.15, 0.2) is 0 Å². The van der Waals surface area contributed by atoms with Crippen LogP contribution in [-0.2, 0) is 10.0 Å². The Bertz CT molecular complexity index is 548. The molecule has 1 aromatic carbocycles. The summed E-state index contributed by atoms with van der Waals surface area (Å²) in [5.74, 6) is 0. The van der Waals surface area contributed by atoms with Gasteiger partial charge < -0.3 is 5.73 Å². The van der Waals surface area contributed by atoms with Crippen LogP contribution in [0.1, 0.15) is 25.3 Å². The molecular weight excluding hydrogens is 274 g/mol. The van der Waals surface area contributed by atoms with Crippen LogP contribution in [0.3, 0.4) is 0 Å². The molecule has 112 valence electrons. The second-order valence-corrected chi connectivity index (χ2v) is 7.10. The number of anilines is 1. The SMILES string of the molecule is CCN(CCNS(=O)(=O)c1cc(C)cc(N)c1)C1CC1. The van der Waals surface area contributed by atoms with E-state index in [1.165, 1.54) is 18.9 Å². The van der Waals surface area contributed by atoms with E-state index in [1.54, 1.807) is 12.1 Å². The topological polar surface area (TPSA) is 75.4 Å². The quantitative estimate of drug-likeness (QED) is 0.745. The van der Waals surface area contributed by atoms with Gasteiger partial charge in [-0.3, -0.25) is 4.90 Å². The Labute approximate surface area is 121 Å². The highest BCUT2D eigenvalue weighted by Crippen LogP contribution is 2.25. The summed E-state index contributed by atoms with van der Waals surface area (Å²) in [4.78, 5) is 2.55. The maximum absolute atomic E-state index is 12.2. The van der Waals surface area contributed by atoms with Gasteiger partial charge in [-0.15, -0.1) is 0 Å². The highest BCUT2D eigenvalue weighted by Gasteiger charge is 2.27. The van der Waals surface area contributed by atoms with Crippen molar-refractivity contribution < 1.29 is 8.42 Å². The summed E-state index contributed by atoms with van der Waals surface area (Å²) >= 11 is 0. The molecule has 0 radical (unpaired) electrons. The van der Waals surface area contributed by atoms with Gasteiger partial charge in [-0.2, -0.15) is 0 Å². The Morgan fingerprint density at radius 3 is 2.60 bits per heavy atom. The minimum atomic E-state index is -3.47. The zero-order chi connectivity index (χ0) is 14.8. The average Bonchev–Trinajstić information content (AvgIpc) is 3.17. The van der Waals surface area contributed by atoms with E-state index in [9.17, 15) is 8.42 Å². The molecule has 1 fully saturated rings. The average molecular weight is 297 g/mol. The molecule has 1 aliphatic carbocycles. The molecule has 0 bridgehead atoms. The van der Waals surface area contributed by atoms with Crippen LogP contribution in [0.2, 0.25) is 0 Å². The molecule has 1 aliphatic rings. The van der Waals surface area contributed by atoms with Crippen molar-refractivity contribution in [3.8, 4) is 0 Å². The summed E-state index contributed by atoms with van der Waals surface area (Å²) < 4.78 is 27.1. The van der Waals surface area contributed by atoms with Crippen LogP contribution in [0, 0.1) is 6.92 Å². The predicted octanol–water partition coefficient (Wildman–Crippen LogP) is 1.34. The van der Waals surface area contributed by atoms with Crippen LogP contribution in [0.25, 0.3) is 0 Å². The third-order valence-electron chi connectivity index (χ3n) is 3.54. The van der Waals surface area contributed by atoms with E-state index in [2.05, 4.69) is 16.5 Å². The Morgan fingerprint density at radius 2 is 2.05 bits per heavy atom. The molecule has 0 aliphatic heterocycles. The van der Waals surface area contributed by atoms with E-state index in [1.807, 2.05) is 6.92 Å². The molecule has 0 saturated heterocycles. The van der Waals surface area contributed by atoms with E-state index in [0.29, 0.717) is 18.3 Å². The molecule has 0 spiro atoms. The molecule has 1 saturated carbocycles. The van der Waals surface area contributed by atoms with Crippen LogP contribution in [0.4, 0.5) is 5.69 Å². The molecule has 0 aromatic heterocycles. The summed E-state index contributed by atoms with van der Waals surface area (Å²) in [7, 11) is -3.47. The predicted molar refractivity (Wildman–Crippen MR) is 81.0 cm³/mol. The fourth-order valence-electron chi connectivity index (χ4n) is 2.38. The number of nitrogens with zero attached hydrogens (tertiary/aromatic N) is 1. The van der Waals surface area contributed by atoms with Crippen molar-refractivity contribution in [3.63, 3.8) is 0 Å². The van der Waals surface area contributed by atoms with Gasteiger partial charge in [0.25, 0.3) is 0 Å². The van der Waals surface area contributed by atoms with Gasteiger partial charge in [0, 0.05) is 24.8 Å². The second kappa shape index (κ2) is 6.11. The number of aryl methyl sites for hydroxylation is 1. The number of benzene rings is 1. The maximum Gasteiger partial charge on any atom is 0.240 e. The second-order valence-electron chi connectivity index (χ2n) is 5.34. The van der Waals surface area contributed by atoms with Gasteiger partial charge in [-0.25, -0.2) is 13.1 Å². The highest BCUT2D eigenvalue weighted by molar-refractivity contribution is 7.89. The first-order chi connectivity index (χ1) is 9.42. The maximum atomic E-state index is 12.2. The van der Waals surface area contributed by atoms with E-state index in [4.69, 9.17) is 5.73 Å². The number of hydrogen-bond acceptors (Lipinski definition) is 4. The smallest absolute Gasteiger partial charge is 0.240 e. The van der Waals surface area contributed by atoms with Gasteiger partial charge in [0.1, 0.15) is 0 Å².